The van der Waals surface area contributed by atoms with Crippen molar-refractivity contribution < 1.29 is 13.3 Å². The van der Waals surface area contributed by atoms with E-state index in [1.54, 1.807) is 0 Å². The van der Waals surface area contributed by atoms with Crippen molar-refractivity contribution in [2.45, 2.75) is 105 Å². The number of unbranched alkanes of at least 4 members (excludes halogenated alkanes) is 6. The monoisotopic (exact) mass is 332 g/mol. The van der Waals surface area contributed by atoms with E-state index in [1.807, 2.05) is 13.8 Å². The van der Waals surface area contributed by atoms with E-state index in [2.05, 4.69) is 20.8 Å². The van der Waals surface area contributed by atoms with E-state index >= 15 is 0 Å². The summed E-state index contributed by atoms with van der Waals surface area (Å²) >= 11 is 0. The molecule has 0 aliphatic rings. The van der Waals surface area contributed by atoms with E-state index in [4.69, 9.17) is 13.3 Å². The molecule has 0 radical (unpaired) electrons. The van der Waals surface area contributed by atoms with Gasteiger partial charge in [-0.05, 0) is 33.6 Å². The third kappa shape index (κ3) is 10.8. The van der Waals surface area contributed by atoms with E-state index in [9.17, 15) is 0 Å². The Balaban J connectivity index is 4.39. The van der Waals surface area contributed by atoms with Gasteiger partial charge >= 0.3 is 8.80 Å². The fourth-order valence-corrected chi connectivity index (χ4v) is 5.66. The van der Waals surface area contributed by atoms with Crippen LogP contribution in [-0.4, -0.2) is 28.1 Å². The Bertz CT molecular complexity index is 230. The van der Waals surface area contributed by atoms with Crippen LogP contribution >= 0.6 is 0 Å². The first-order chi connectivity index (χ1) is 10.6. The second-order valence-corrected chi connectivity index (χ2v) is 8.82. The second-order valence-electron chi connectivity index (χ2n) is 6.14. The standard InChI is InChI=1S/C18H40O3Si/c1-6-10-12-14-16-18(5)21-22(19-8-3,20-9-4)17-15-13-11-7-2/h18H,6-17H2,1-5H3. The predicted molar refractivity (Wildman–Crippen MR) is 97.3 cm³/mol. The van der Waals surface area contributed by atoms with Crippen LogP contribution in [0, 0.1) is 0 Å². The number of rotatable bonds is 16. The van der Waals surface area contributed by atoms with Gasteiger partial charge in [-0.15, -0.1) is 0 Å². The Kier molecular flexibility index (Phi) is 14.7. The first-order valence-electron chi connectivity index (χ1n) is 9.59. The summed E-state index contributed by atoms with van der Waals surface area (Å²) in [5, 5.41) is 0. The Morgan fingerprint density at radius 1 is 0.727 bits per heavy atom. The topological polar surface area (TPSA) is 27.7 Å². The van der Waals surface area contributed by atoms with Gasteiger partial charge in [0.25, 0.3) is 0 Å². The lowest BCUT2D eigenvalue weighted by Crippen LogP contribution is -2.48. The second kappa shape index (κ2) is 14.7. The van der Waals surface area contributed by atoms with E-state index in [-0.39, 0.29) is 6.10 Å². The molecule has 0 fully saturated rings. The Morgan fingerprint density at radius 3 is 1.77 bits per heavy atom. The minimum atomic E-state index is -2.48. The first-order valence-corrected chi connectivity index (χ1v) is 11.5. The highest BCUT2D eigenvalue weighted by Crippen LogP contribution is 2.23. The van der Waals surface area contributed by atoms with Crippen LogP contribution in [0.1, 0.15) is 92.4 Å². The Morgan fingerprint density at radius 2 is 1.27 bits per heavy atom. The minimum absolute atomic E-state index is 0.243. The third-order valence-corrected chi connectivity index (χ3v) is 7.09. The van der Waals surface area contributed by atoms with Gasteiger partial charge < -0.3 is 13.3 Å². The van der Waals surface area contributed by atoms with E-state index in [1.165, 1.54) is 44.9 Å². The van der Waals surface area contributed by atoms with Crippen molar-refractivity contribution in [3.8, 4) is 0 Å². The molecule has 1 unspecified atom stereocenters. The van der Waals surface area contributed by atoms with Gasteiger partial charge in [0.1, 0.15) is 0 Å². The molecule has 4 heteroatoms. The Labute approximate surface area is 140 Å². The average molecular weight is 333 g/mol. The predicted octanol–water partition coefficient (Wildman–Crippen LogP) is 5.95. The SMILES string of the molecule is CCCCCCC(C)O[Si](CCCCCC)(OCC)OCC. The molecule has 22 heavy (non-hydrogen) atoms. The molecule has 0 spiro atoms. The summed E-state index contributed by atoms with van der Waals surface area (Å²) in [7, 11) is -2.48. The number of hydrogen-bond donors (Lipinski definition) is 0. The van der Waals surface area contributed by atoms with Crippen LogP contribution in [0.15, 0.2) is 0 Å². The van der Waals surface area contributed by atoms with Gasteiger partial charge in [-0.25, -0.2) is 0 Å². The molecule has 0 rings (SSSR count). The Hall–Kier alpha value is 0.0969. The van der Waals surface area contributed by atoms with Crippen LogP contribution in [0.5, 0.6) is 0 Å². The quantitative estimate of drug-likeness (QED) is 0.258. The van der Waals surface area contributed by atoms with Gasteiger partial charge in [0, 0.05) is 25.4 Å². The zero-order valence-corrected chi connectivity index (χ0v) is 16.8. The normalized spacial score (nSPS) is 13.5. The summed E-state index contributed by atoms with van der Waals surface area (Å²) in [5.74, 6) is 0. The molecule has 0 N–H and O–H groups in total. The number of hydrogen-bond acceptors (Lipinski definition) is 3. The lowest BCUT2D eigenvalue weighted by molar-refractivity contribution is 0.0342. The lowest BCUT2D eigenvalue weighted by atomic mass is 10.1. The molecule has 0 saturated carbocycles. The summed E-state index contributed by atoms with van der Waals surface area (Å²) in [6.45, 7) is 12.1. The van der Waals surface area contributed by atoms with Gasteiger partial charge in [0.2, 0.25) is 0 Å². The molecule has 0 saturated heterocycles. The molecule has 0 amide bonds. The third-order valence-electron chi connectivity index (χ3n) is 3.91. The van der Waals surface area contributed by atoms with Crippen molar-refractivity contribution in [2.24, 2.45) is 0 Å². The molecule has 0 aliphatic heterocycles. The first kappa shape index (κ1) is 22.1. The van der Waals surface area contributed by atoms with Gasteiger partial charge in [-0.1, -0.05) is 58.8 Å². The van der Waals surface area contributed by atoms with Gasteiger partial charge in [-0.3, -0.25) is 0 Å². The summed E-state index contributed by atoms with van der Waals surface area (Å²) < 4.78 is 18.5. The highest BCUT2D eigenvalue weighted by atomic mass is 28.4. The van der Waals surface area contributed by atoms with Crippen LogP contribution < -0.4 is 0 Å². The summed E-state index contributed by atoms with van der Waals surface area (Å²) in [6, 6.07) is 0.966. The molecule has 0 aromatic heterocycles. The smallest absolute Gasteiger partial charge is 0.374 e. The highest BCUT2D eigenvalue weighted by molar-refractivity contribution is 6.60. The van der Waals surface area contributed by atoms with Crippen molar-refractivity contribution in [1.29, 1.82) is 0 Å². The van der Waals surface area contributed by atoms with Crippen LogP contribution in [0.2, 0.25) is 6.04 Å². The maximum Gasteiger partial charge on any atom is 0.501 e. The fourth-order valence-electron chi connectivity index (χ4n) is 2.75. The molecule has 1 atom stereocenters. The highest BCUT2D eigenvalue weighted by Gasteiger charge is 2.41. The minimum Gasteiger partial charge on any atom is -0.374 e. The molecule has 0 aromatic rings. The van der Waals surface area contributed by atoms with Gasteiger partial charge in [0.05, 0.1) is 0 Å². The van der Waals surface area contributed by atoms with Crippen molar-refractivity contribution in [3.05, 3.63) is 0 Å². The van der Waals surface area contributed by atoms with Crippen molar-refractivity contribution >= 4 is 8.80 Å². The zero-order valence-electron chi connectivity index (χ0n) is 15.8. The fraction of sp³-hybridized carbons (Fsp3) is 1.00. The van der Waals surface area contributed by atoms with Crippen LogP contribution in [0.3, 0.4) is 0 Å². The molecule has 0 heterocycles. The van der Waals surface area contributed by atoms with Crippen LogP contribution in [-0.2, 0) is 13.3 Å². The lowest BCUT2D eigenvalue weighted by Gasteiger charge is -2.32. The summed E-state index contributed by atoms with van der Waals surface area (Å²) in [6.07, 6.45) is 11.5. The maximum atomic E-state index is 6.37. The van der Waals surface area contributed by atoms with Gasteiger partial charge in [0.15, 0.2) is 0 Å². The van der Waals surface area contributed by atoms with E-state index in [0.29, 0.717) is 13.2 Å². The van der Waals surface area contributed by atoms with E-state index < -0.39 is 8.80 Å². The molecule has 3 nitrogen and oxygen atoms in total. The molecule has 134 valence electrons. The molecular weight excluding hydrogens is 292 g/mol. The summed E-state index contributed by atoms with van der Waals surface area (Å²) in [5.41, 5.74) is 0. The molecule has 0 bridgehead atoms. The van der Waals surface area contributed by atoms with Crippen molar-refractivity contribution in [3.63, 3.8) is 0 Å². The van der Waals surface area contributed by atoms with Crippen molar-refractivity contribution in [2.75, 3.05) is 13.2 Å². The zero-order chi connectivity index (χ0) is 16.7. The van der Waals surface area contributed by atoms with Crippen LogP contribution in [0.4, 0.5) is 0 Å². The largest absolute Gasteiger partial charge is 0.501 e. The van der Waals surface area contributed by atoms with Gasteiger partial charge in [-0.2, -0.15) is 0 Å². The van der Waals surface area contributed by atoms with E-state index in [0.717, 1.165) is 18.9 Å². The molecule has 0 aromatic carbocycles. The van der Waals surface area contributed by atoms with Crippen molar-refractivity contribution in [1.82, 2.24) is 0 Å². The maximum absolute atomic E-state index is 6.37. The summed E-state index contributed by atoms with van der Waals surface area (Å²) in [4.78, 5) is 0. The molecular formula is C18H40O3Si. The average Bonchev–Trinajstić information content (AvgIpc) is 2.49. The van der Waals surface area contributed by atoms with Crippen LogP contribution in [0.25, 0.3) is 0 Å². The molecule has 0 aliphatic carbocycles.